The van der Waals surface area contributed by atoms with Crippen molar-refractivity contribution in [2.24, 2.45) is 0 Å². The van der Waals surface area contributed by atoms with Crippen LogP contribution in [0.2, 0.25) is 0 Å². The summed E-state index contributed by atoms with van der Waals surface area (Å²) in [5.41, 5.74) is 2.86. The summed E-state index contributed by atoms with van der Waals surface area (Å²) in [6.07, 6.45) is 1.48. The summed E-state index contributed by atoms with van der Waals surface area (Å²) in [5.74, 6) is -1.36. The van der Waals surface area contributed by atoms with E-state index in [9.17, 15) is 9.59 Å². The minimum absolute atomic E-state index is 0.186. The molecule has 0 aliphatic carbocycles. The molecule has 0 saturated heterocycles. The average molecular weight is 287 g/mol. The number of rotatable bonds is 4. The molecule has 6 heteroatoms. The van der Waals surface area contributed by atoms with E-state index in [1.54, 1.807) is 0 Å². The third kappa shape index (κ3) is 3.10. The zero-order valence-corrected chi connectivity index (χ0v) is 12.1. The second-order valence-electron chi connectivity index (χ2n) is 4.92. The monoisotopic (exact) mass is 287 g/mol. The molecule has 0 fully saturated rings. The van der Waals surface area contributed by atoms with Gasteiger partial charge in [0, 0.05) is 11.9 Å². The Morgan fingerprint density at radius 2 is 1.86 bits per heavy atom. The van der Waals surface area contributed by atoms with Gasteiger partial charge >= 0.3 is 5.97 Å². The first-order valence-corrected chi connectivity index (χ1v) is 6.55. The average Bonchev–Trinajstić information content (AvgIpc) is 2.91. The number of aromatic nitrogens is 2. The molecule has 2 aromatic rings. The highest BCUT2D eigenvalue weighted by Gasteiger charge is 2.17. The number of hydrogen-bond donors (Lipinski definition) is 2. The first-order valence-electron chi connectivity index (χ1n) is 6.55. The first kappa shape index (κ1) is 14.8. The third-order valence-electron chi connectivity index (χ3n) is 3.31. The van der Waals surface area contributed by atoms with Crippen LogP contribution >= 0.6 is 0 Å². The molecule has 0 aliphatic heterocycles. The van der Waals surface area contributed by atoms with Crippen molar-refractivity contribution >= 4 is 17.6 Å². The van der Waals surface area contributed by atoms with Crippen molar-refractivity contribution in [3.63, 3.8) is 0 Å². The highest BCUT2D eigenvalue weighted by molar-refractivity contribution is 6.03. The molecule has 2 rings (SSSR count). The maximum absolute atomic E-state index is 12.2. The van der Waals surface area contributed by atoms with E-state index in [0.29, 0.717) is 0 Å². The van der Waals surface area contributed by atoms with Crippen LogP contribution in [0.3, 0.4) is 0 Å². The maximum Gasteiger partial charge on any atom is 0.328 e. The number of carbonyl (C=O) groups excluding carboxylic acids is 1. The van der Waals surface area contributed by atoms with Crippen molar-refractivity contribution in [2.45, 2.75) is 26.8 Å². The fourth-order valence-electron chi connectivity index (χ4n) is 1.98. The van der Waals surface area contributed by atoms with Crippen LogP contribution in [0.15, 0.2) is 30.5 Å². The lowest BCUT2D eigenvalue weighted by Gasteiger charge is -2.10. The molecule has 2 N–H and O–H groups in total. The van der Waals surface area contributed by atoms with Crippen LogP contribution in [0.5, 0.6) is 0 Å². The Balaban J connectivity index is 2.20. The Hall–Kier alpha value is -2.63. The number of aliphatic carboxylic acids is 1. The van der Waals surface area contributed by atoms with Gasteiger partial charge in [-0.3, -0.25) is 9.48 Å². The predicted octanol–water partition coefficient (Wildman–Crippen LogP) is 2.40. The Morgan fingerprint density at radius 3 is 2.43 bits per heavy atom. The number of nitrogens with zero attached hydrogens (tertiary/aromatic N) is 2. The summed E-state index contributed by atoms with van der Waals surface area (Å²) in [6.45, 7) is 5.32. The van der Waals surface area contributed by atoms with Crippen molar-refractivity contribution in [1.29, 1.82) is 0 Å². The molecule has 1 aromatic heterocycles. The molecular weight excluding hydrogens is 270 g/mol. The summed E-state index contributed by atoms with van der Waals surface area (Å²) in [4.78, 5) is 23.1. The number of hydrogen-bond acceptors (Lipinski definition) is 3. The quantitative estimate of drug-likeness (QED) is 0.904. The van der Waals surface area contributed by atoms with Gasteiger partial charge in [-0.1, -0.05) is 18.2 Å². The van der Waals surface area contributed by atoms with E-state index in [4.69, 9.17) is 5.11 Å². The molecule has 1 amide bonds. The summed E-state index contributed by atoms with van der Waals surface area (Å²) >= 11 is 0. The molecule has 0 aliphatic rings. The third-order valence-corrected chi connectivity index (χ3v) is 3.31. The molecule has 0 spiro atoms. The van der Waals surface area contributed by atoms with Crippen LogP contribution in [0.4, 0.5) is 5.69 Å². The molecule has 1 atom stereocenters. The summed E-state index contributed by atoms with van der Waals surface area (Å²) in [5, 5.41) is 15.8. The number of nitrogens with one attached hydrogen (secondary N) is 1. The molecule has 1 heterocycles. The van der Waals surface area contributed by atoms with Gasteiger partial charge in [0.1, 0.15) is 6.04 Å². The van der Waals surface area contributed by atoms with Gasteiger partial charge in [-0.15, -0.1) is 0 Å². The lowest BCUT2D eigenvalue weighted by atomic mass is 10.1. The van der Waals surface area contributed by atoms with E-state index in [1.165, 1.54) is 23.9 Å². The van der Waals surface area contributed by atoms with Crippen LogP contribution in [0.25, 0.3) is 0 Å². The number of carboxylic acid groups (broad SMARTS) is 1. The number of carboxylic acids is 1. The summed E-state index contributed by atoms with van der Waals surface area (Å²) in [7, 11) is 0. The van der Waals surface area contributed by atoms with Crippen molar-refractivity contribution in [3.05, 3.63) is 47.3 Å². The van der Waals surface area contributed by atoms with E-state index < -0.39 is 12.0 Å². The molecule has 1 unspecified atom stereocenters. The fraction of sp³-hybridized carbons (Fsp3) is 0.267. The normalized spacial score (nSPS) is 12.0. The number of amides is 1. The van der Waals surface area contributed by atoms with Crippen molar-refractivity contribution in [1.82, 2.24) is 9.78 Å². The van der Waals surface area contributed by atoms with E-state index >= 15 is 0 Å². The molecule has 21 heavy (non-hydrogen) atoms. The molecular formula is C15H17N3O3. The van der Waals surface area contributed by atoms with Gasteiger partial charge in [0.2, 0.25) is 0 Å². The Kier molecular flexibility index (Phi) is 4.07. The van der Waals surface area contributed by atoms with E-state index in [0.717, 1.165) is 16.8 Å². The number of carbonyl (C=O) groups is 2. The van der Waals surface area contributed by atoms with Crippen molar-refractivity contribution in [2.75, 3.05) is 5.32 Å². The minimum Gasteiger partial charge on any atom is -0.480 e. The van der Waals surface area contributed by atoms with Crippen LogP contribution < -0.4 is 5.32 Å². The summed E-state index contributed by atoms with van der Waals surface area (Å²) < 4.78 is 1.25. The van der Waals surface area contributed by atoms with E-state index in [2.05, 4.69) is 10.4 Å². The molecule has 6 nitrogen and oxygen atoms in total. The van der Waals surface area contributed by atoms with Gasteiger partial charge in [0.25, 0.3) is 5.91 Å². The SMILES string of the molecule is Cc1cccc(C)c1NC(=O)c1ccn(C(C)C(=O)O)n1. The van der Waals surface area contributed by atoms with Gasteiger partial charge in [-0.2, -0.15) is 5.10 Å². The van der Waals surface area contributed by atoms with Crippen LogP contribution in [0.1, 0.15) is 34.6 Å². The van der Waals surface area contributed by atoms with Crippen LogP contribution in [-0.2, 0) is 4.79 Å². The Labute approximate surface area is 122 Å². The Bertz CT molecular complexity index is 671. The van der Waals surface area contributed by atoms with Gasteiger partial charge in [0.05, 0.1) is 0 Å². The maximum atomic E-state index is 12.2. The minimum atomic E-state index is -1.00. The van der Waals surface area contributed by atoms with Gasteiger partial charge in [0.15, 0.2) is 5.69 Å². The van der Waals surface area contributed by atoms with E-state index in [-0.39, 0.29) is 11.6 Å². The zero-order valence-electron chi connectivity index (χ0n) is 12.1. The van der Waals surface area contributed by atoms with Gasteiger partial charge in [-0.25, -0.2) is 4.79 Å². The Morgan fingerprint density at radius 1 is 1.24 bits per heavy atom. The summed E-state index contributed by atoms with van der Waals surface area (Å²) in [6, 6.07) is 6.43. The highest BCUT2D eigenvalue weighted by atomic mass is 16.4. The topological polar surface area (TPSA) is 84.2 Å². The molecule has 1 aromatic carbocycles. The second-order valence-corrected chi connectivity index (χ2v) is 4.92. The van der Waals surface area contributed by atoms with Crippen LogP contribution in [-0.4, -0.2) is 26.8 Å². The smallest absolute Gasteiger partial charge is 0.328 e. The standard InChI is InChI=1S/C15H17N3O3/c1-9-5-4-6-10(2)13(9)16-14(19)12-7-8-18(17-12)11(3)15(20)21/h4-8,11H,1-3H3,(H,16,19)(H,20,21). The lowest BCUT2D eigenvalue weighted by molar-refractivity contribution is -0.140. The molecule has 0 radical (unpaired) electrons. The fourth-order valence-corrected chi connectivity index (χ4v) is 1.98. The number of benzene rings is 1. The number of aryl methyl sites for hydroxylation is 2. The van der Waals surface area contributed by atoms with Crippen LogP contribution in [0, 0.1) is 13.8 Å². The lowest BCUT2D eigenvalue weighted by Crippen LogP contribution is -2.18. The number of para-hydroxylation sites is 1. The zero-order chi connectivity index (χ0) is 15.6. The molecule has 0 saturated carbocycles. The van der Waals surface area contributed by atoms with Gasteiger partial charge < -0.3 is 10.4 Å². The van der Waals surface area contributed by atoms with Crippen molar-refractivity contribution < 1.29 is 14.7 Å². The largest absolute Gasteiger partial charge is 0.480 e. The number of anilines is 1. The van der Waals surface area contributed by atoms with Crippen molar-refractivity contribution in [3.8, 4) is 0 Å². The highest BCUT2D eigenvalue weighted by Crippen LogP contribution is 2.20. The van der Waals surface area contributed by atoms with E-state index in [1.807, 2.05) is 32.0 Å². The second kappa shape index (κ2) is 5.78. The molecule has 110 valence electrons. The molecule has 0 bridgehead atoms. The first-order chi connectivity index (χ1) is 9.90. The van der Waals surface area contributed by atoms with Gasteiger partial charge in [-0.05, 0) is 38.0 Å². The predicted molar refractivity (Wildman–Crippen MR) is 78.4 cm³/mol.